The Morgan fingerprint density at radius 1 is 1.11 bits per heavy atom. The highest BCUT2D eigenvalue weighted by Crippen LogP contribution is 2.38. The van der Waals surface area contributed by atoms with Gasteiger partial charge in [0.2, 0.25) is 0 Å². The van der Waals surface area contributed by atoms with Crippen molar-refractivity contribution >= 4 is 5.78 Å². The Kier molecular flexibility index (Phi) is 3.20. The van der Waals surface area contributed by atoms with Gasteiger partial charge in [-0.25, -0.2) is 0 Å². The van der Waals surface area contributed by atoms with Crippen molar-refractivity contribution in [3.05, 3.63) is 71.3 Å². The van der Waals surface area contributed by atoms with Crippen LogP contribution in [0.2, 0.25) is 0 Å². The predicted molar refractivity (Wildman–Crippen MR) is 77.4 cm³/mol. The first-order valence-electron chi connectivity index (χ1n) is 6.91. The van der Waals surface area contributed by atoms with E-state index in [0.717, 1.165) is 12.0 Å². The third-order valence-corrected chi connectivity index (χ3v) is 4.19. The highest BCUT2D eigenvalue weighted by atomic mass is 16.1. The van der Waals surface area contributed by atoms with Crippen LogP contribution >= 0.6 is 0 Å². The van der Waals surface area contributed by atoms with Gasteiger partial charge >= 0.3 is 0 Å². The molecule has 1 nitrogen and oxygen atoms in total. The lowest BCUT2D eigenvalue weighted by Gasteiger charge is -2.30. The topological polar surface area (TPSA) is 17.1 Å². The minimum absolute atomic E-state index is 0.00830. The molecule has 2 aromatic carbocycles. The monoisotopic (exact) mass is 250 g/mol. The second kappa shape index (κ2) is 5.00. The van der Waals surface area contributed by atoms with Gasteiger partial charge in [0.1, 0.15) is 5.78 Å². The third kappa shape index (κ3) is 2.33. The van der Waals surface area contributed by atoms with E-state index in [1.165, 1.54) is 11.1 Å². The van der Waals surface area contributed by atoms with Gasteiger partial charge in [0, 0.05) is 12.3 Å². The molecule has 0 bridgehead atoms. The molecular weight excluding hydrogens is 232 g/mol. The summed E-state index contributed by atoms with van der Waals surface area (Å²) in [6.07, 6.45) is 1.73. The number of ketones is 1. The third-order valence-electron chi connectivity index (χ3n) is 4.19. The first kappa shape index (κ1) is 12.2. The fraction of sp³-hybridized carbons (Fsp3) is 0.278. The maximum absolute atomic E-state index is 12.4. The Morgan fingerprint density at radius 2 is 1.79 bits per heavy atom. The van der Waals surface area contributed by atoms with E-state index in [1.54, 1.807) is 0 Å². The van der Waals surface area contributed by atoms with Crippen molar-refractivity contribution < 1.29 is 4.79 Å². The highest BCUT2D eigenvalue weighted by Gasteiger charge is 2.29. The van der Waals surface area contributed by atoms with Crippen LogP contribution in [0.3, 0.4) is 0 Å². The largest absolute Gasteiger partial charge is 0.299 e. The average molecular weight is 250 g/mol. The predicted octanol–water partition coefficient (Wildman–Crippen LogP) is 4.09. The van der Waals surface area contributed by atoms with Gasteiger partial charge in [-0.05, 0) is 29.0 Å². The molecule has 1 heteroatoms. The summed E-state index contributed by atoms with van der Waals surface area (Å²) < 4.78 is 0. The number of fused-ring (bicyclic) bond motifs is 1. The van der Waals surface area contributed by atoms with Gasteiger partial charge in [0.25, 0.3) is 0 Å². The lowest BCUT2D eigenvalue weighted by molar-refractivity contribution is -0.120. The molecule has 0 heterocycles. The number of hydrogen-bond donors (Lipinski definition) is 0. The summed E-state index contributed by atoms with van der Waals surface area (Å²) in [6.45, 7) is 2.02. The van der Waals surface area contributed by atoms with Gasteiger partial charge in [0.05, 0.1) is 0 Å². The molecule has 0 fully saturated rings. The lowest BCUT2D eigenvalue weighted by Crippen LogP contribution is -2.22. The standard InChI is InChI=1S/C18H18O/c1-13(14-7-3-2-4-8-14)18(19)12-16-11-15-9-5-6-10-17(15)16/h2-10,13,16H,11-12H2,1H3. The Balaban J connectivity index is 1.67. The molecule has 0 aliphatic heterocycles. The minimum Gasteiger partial charge on any atom is -0.299 e. The van der Waals surface area contributed by atoms with E-state index in [4.69, 9.17) is 0 Å². The van der Waals surface area contributed by atoms with Crippen molar-refractivity contribution in [2.75, 3.05) is 0 Å². The number of hydrogen-bond acceptors (Lipinski definition) is 1. The summed E-state index contributed by atoms with van der Waals surface area (Å²) in [7, 11) is 0. The van der Waals surface area contributed by atoms with E-state index in [9.17, 15) is 4.79 Å². The first-order valence-corrected chi connectivity index (χ1v) is 6.91. The van der Waals surface area contributed by atoms with E-state index in [1.807, 2.05) is 37.3 Å². The van der Waals surface area contributed by atoms with Gasteiger partial charge in [-0.1, -0.05) is 61.5 Å². The molecular formula is C18H18O. The zero-order valence-corrected chi connectivity index (χ0v) is 11.2. The Bertz CT molecular complexity index is 586. The van der Waals surface area contributed by atoms with Crippen LogP contribution in [0.15, 0.2) is 54.6 Å². The van der Waals surface area contributed by atoms with Gasteiger partial charge < -0.3 is 0 Å². The molecule has 19 heavy (non-hydrogen) atoms. The van der Waals surface area contributed by atoms with E-state index < -0.39 is 0 Å². The van der Waals surface area contributed by atoms with Crippen LogP contribution in [0.25, 0.3) is 0 Å². The summed E-state index contributed by atoms with van der Waals surface area (Å²) in [5.41, 5.74) is 3.91. The molecule has 0 amide bonds. The molecule has 2 unspecified atom stereocenters. The van der Waals surface area contributed by atoms with Crippen LogP contribution in [-0.4, -0.2) is 5.78 Å². The quantitative estimate of drug-likeness (QED) is 0.798. The maximum Gasteiger partial charge on any atom is 0.140 e. The number of carbonyl (C=O) groups is 1. The first-order chi connectivity index (χ1) is 9.25. The van der Waals surface area contributed by atoms with Gasteiger partial charge in [0.15, 0.2) is 0 Å². The van der Waals surface area contributed by atoms with Crippen LogP contribution in [0.1, 0.15) is 41.9 Å². The second-order valence-corrected chi connectivity index (χ2v) is 5.40. The van der Waals surface area contributed by atoms with Gasteiger partial charge in [-0.3, -0.25) is 4.79 Å². The average Bonchev–Trinajstić information content (AvgIpc) is 2.44. The Morgan fingerprint density at radius 3 is 2.53 bits per heavy atom. The molecule has 0 saturated heterocycles. The molecule has 0 saturated carbocycles. The van der Waals surface area contributed by atoms with E-state index in [2.05, 4.69) is 24.3 Å². The molecule has 1 aliphatic carbocycles. The zero-order chi connectivity index (χ0) is 13.2. The van der Waals surface area contributed by atoms with Crippen molar-refractivity contribution in [3.63, 3.8) is 0 Å². The summed E-state index contributed by atoms with van der Waals surface area (Å²) in [6, 6.07) is 18.5. The summed E-state index contributed by atoms with van der Waals surface area (Å²) >= 11 is 0. The number of benzene rings is 2. The van der Waals surface area contributed by atoms with Crippen molar-refractivity contribution in [2.45, 2.75) is 31.6 Å². The van der Waals surface area contributed by atoms with E-state index in [-0.39, 0.29) is 5.92 Å². The van der Waals surface area contributed by atoms with Crippen LogP contribution in [0, 0.1) is 0 Å². The molecule has 0 aromatic heterocycles. The fourth-order valence-corrected chi connectivity index (χ4v) is 2.89. The normalized spacial score (nSPS) is 18.3. The minimum atomic E-state index is 0.00830. The number of rotatable bonds is 4. The molecule has 2 atom stereocenters. The van der Waals surface area contributed by atoms with Crippen molar-refractivity contribution in [1.82, 2.24) is 0 Å². The van der Waals surface area contributed by atoms with Crippen LogP contribution in [-0.2, 0) is 11.2 Å². The zero-order valence-electron chi connectivity index (χ0n) is 11.2. The lowest BCUT2D eigenvalue weighted by atomic mass is 9.74. The van der Waals surface area contributed by atoms with Crippen molar-refractivity contribution in [2.24, 2.45) is 0 Å². The highest BCUT2D eigenvalue weighted by molar-refractivity contribution is 5.86. The van der Waals surface area contributed by atoms with Crippen LogP contribution in [0.4, 0.5) is 0 Å². The fourth-order valence-electron chi connectivity index (χ4n) is 2.89. The maximum atomic E-state index is 12.4. The molecule has 3 rings (SSSR count). The molecule has 2 aromatic rings. The summed E-state index contributed by atoms with van der Waals surface area (Å²) in [5, 5.41) is 0. The van der Waals surface area contributed by atoms with Crippen molar-refractivity contribution in [1.29, 1.82) is 0 Å². The van der Waals surface area contributed by atoms with E-state index >= 15 is 0 Å². The Labute approximate surface area is 114 Å². The number of Topliss-reactive ketones (excluding diaryl/α,β-unsaturated/α-hetero) is 1. The molecule has 0 spiro atoms. The molecule has 0 radical (unpaired) electrons. The Hall–Kier alpha value is -1.89. The van der Waals surface area contributed by atoms with Gasteiger partial charge in [-0.15, -0.1) is 0 Å². The molecule has 1 aliphatic rings. The second-order valence-electron chi connectivity index (χ2n) is 5.40. The SMILES string of the molecule is CC(C(=O)CC1Cc2ccccc21)c1ccccc1. The number of carbonyl (C=O) groups excluding carboxylic acids is 1. The summed E-state index contributed by atoms with van der Waals surface area (Å²) in [4.78, 5) is 12.4. The van der Waals surface area contributed by atoms with E-state index in [0.29, 0.717) is 18.1 Å². The van der Waals surface area contributed by atoms with Gasteiger partial charge in [-0.2, -0.15) is 0 Å². The molecule has 0 N–H and O–H groups in total. The van der Waals surface area contributed by atoms with Crippen molar-refractivity contribution in [3.8, 4) is 0 Å². The smallest absolute Gasteiger partial charge is 0.140 e. The molecule has 96 valence electrons. The summed E-state index contributed by atoms with van der Waals surface area (Å²) in [5.74, 6) is 0.800. The van der Waals surface area contributed by atoms with Crippen LogP contribution < -0.4 is 0 Å². The van der Waals surface area contributed by atoms with Crippen LogP contribution in [0.5, 0.6) is 0 Å².